The minimum Gasteiger partial charge on any atom is -0.397 e. The Hall–Kier alpha value is -1.86. The summed E-state index contributed by atoms with van der Waals surface area (Å²) < 4.78 is 0. The Kier molecular flexibility index (Phi) is 5.75. The second-order valence-corrected chi connectivity index (χ2v) is 7.85. The normalized spacial score (nSPS) is 18.0. The average Bonchev–Trinajstić information content (AvgIpc) is 2.91. The number of nitrogens with zero attached hydrogens (tertiary/aromatic N) is 2. The molecule has 3 heterocycles. The molecule has 25 heavy (non-hydrogen) atoms. The molecule has 1 atom stereocenters. The number of carbonyl (C=O) groups excluding carboxylic acids is 1. The number of primary amides is 1. The zero-order valence-corrected chi connectivity index (χ0v) is 15.2. The summed E-state index contributed by atoms with van der Waals surface area (Å²) in [6, 6.07) is 2.02. The Bertz CT molecular complexity index is 746. The number of nitrogens with two attached hydrogens (primary N) is 2. The summed E-state index contributed by atoms with van der Waals surface area (Å²) >= 11 is 1.46. The van der Waals surface area contributed by atoms with Crippen LogP contribution in [0.2, 0.25) is 0 Å². The molecule has 5 N–H and O–H groups in total. The molecule has 0 aromatic carbocycles. The van der Waals surface area contributed by atoms with Gasteiger partial charge in [-0.1, -0.05) is 6.42 Å². The van der Waals surface area contributed by atoms with E-state index in [2.05, 4.69) is 9.88 Å². The van der Waals surface area contributed by atoms with Crippen LogP contribution in [0.15, 0.2) is 12.3 Å². The first-order valence-electron chi connectivity index (χ1n) is 8.90. The molecule has 6 nitrogen and oxygen atoms in total. The topological polar surface area (TPSA) is 105 Å². The van der Waals surface area contributed by atoms with Gasteiger partial charge >= 0.3 is 0 Å². The number of thiophene rings is 1. The van der Waals surface area contributed by atoms with Crippen molar-refractivity contribution in [2.75, 3.05) is 30.3 Å². The predicted octanol–water partition coefficient (Wildman–Crippen LogP) is 2.29. The first-order valence-corrected chi connectivity index (χ1v) is 9.71. The van der Waals surface area contributed by atoms with Crippen LogP contribution >= 0.6 is 11.3 Å². The molecule has 3 rings (SSSR count). The predicted molar refractivity (Wildman–Crippen MR) is 103 cm³/mol. The smallest absolute Gasteiger partial charge is 0.222 e. The van der Waals surface area contributed by atoms with Gasteiger partial charge in [0.15, 0.2) is 0 Å². The van der Waals surface area contributed by atoms with Gasteiger partial charge in [-0.3, -0.25) is 4.79 Å². The largest absolute Gasteiger partial charge is 0.397 e. The summed E-state index contributed by atoms with van der Waals surface area (Å²) in [7, 11) is 0. The standard InChI is InChI=1S/C18H26N4O2S/c19-15(24)10-14-17(20)16-13(6-7-21-18(16)25-14)22-8-3-5-12(11-22)4-1-2-9-23/h6-7,12,23H,1-5,8-11,20H2,(H2,19,24). The van der Waals surface area contributed by atoms with Crippen LogP contribution in [0, 0.1) is 5.92 Å². The van der Waals surface area contributed by atoms with Crippen LogP contribution in [0.4, 0.5) is 11.4 Å². The molecule has 136 valence electrons. The number of unbranched alkanes of at least 4 members (excludes halogenated alkanes) is 1. The number of amides is 1. The second kappa shape index (κ2) is 8.01. The number of hydrogen-bond acceptors (Lipinski definition) is 6. The molecule has 1 saturated heterocycles. The number of piperidine rings is 1. The van der Waals surface area contributed by atoms with E-state index in [1.54, 1.807) is 0 Å². The molecule has 1 aliphatic rings. The van der Waals surface area contributed by atoms with Crippen LogP contribution in [0.1, 0.15) is 37.0 Å². The number of aromatic nitrogens is 1. The molecule has 2 aromatic heterocycles. The Morgan fingerprint density at radius 3 is 3.04 bits per heavy atom. The highest BCUT2D eigenvalue weighted by molar-refractivity contribution is 7.19. The van der Waals surface area contributed by atoms with E-state index < -0.39 is 0 Å². The summed E-state index contributed by atoms with van der Waals surface area (Å²) in [4.78, 5) is 19.8. The lowest BCUT2D eigenvalue weighted by molar-refractivity contribution is -0.117. The molecular weight excluding hydrogens is 336 g/mol. The van der Waals surface area contributed by atoms with Crippen molar-refractivity contribution < 1.29 is 9.90 Å². The van der Waals surface area contributed by atoms with Crippen LogP contribution in [-0.2, 0) is 11.2 Å². The van der Waals surface area contributed by atoms with E-state index in [1.807, 2.05) is 12.3 Å². The van der Waals surface area contributed by atoms with Gasteiger partial charge in [0.25, 0.3) is 0 Å². The lowest BCUT2D eigenvalue weighted by atomic mass is 9.92. The maximum absolute atomic E-state index is 11.3. The Morgan fingerprint density at radius 2 is 2.28 bits per heavy atom. The first-order chi connectivity index (χ1) is 12.1. The summed E-state index contributed by atoms with van der Waals surface area (Å²) in [5, 5.41) is 9.93. The van der Waals surface area contributed by atoms with E-state index in [1.165, 1.54) is 17.8 Å². The fourth-order valence-electron chi connectivity index (χ4n) is 3.69. The van der Waals surface area contributed by atoms with Crippen molar-refractivity contribution in [3.8, 4) is 0 Å². The lowest BCUT2D eigenvalue weighted by Gasteiger charge is -2.35. The maximum Gasteiger partial charge on any atom is 0.222 e. The quantitative estimate of drug-likeness (QED) is 0.655. The fourth-order valence-corrected chi connectivity index (χ4v) is 4.78. The van der Waals surface area contributed by atoms with E-state index in [-0.39, 0.29) is 18.9 Å². The van der Waals surface area contributed by atoms with Crippen molar-refractivity contribution in [2.45, 2.75) is 38.5 Å². The number of fused-ring (bicyclic) bond motifs is 1. The van der Waals surface area contributed by atoms with Crippen LogP contribution in [0.3, 0.4) is 0 Å². The van der Waals surface area contributed by atoms with Gasteiger partial charge in [0.2, 0.25) is 5.91 Å². The lowest BCUT2D eigenvalue weighted by Crippen LogP contribution is -2.35. The van der Waals surface area contributed by atoms with E-state index in [0.717, 1.165) is 59.6 Å². The number of carbonyl (C=O) groups is 1. The molecule has 0 saturated carbocycles. The zero-order chi connectivity index (χ0) is 17.8. The van der Waals surface area contributed by atoms with Crippen molar-refractivity contribution >= 4 is 38.8 Å². The van der Waals surface area contributed by atoms with Crippen LogP contribution in [0.25, 0.3) is 10.2 Å². The van der Waals surface area contributed by atoms with Crippen molar-refractivity contribution in [1.29, 1.82) is 0 Å². The van der Waals surface area contributed by atoms with Gasteiger partial charge < -0.3 is 21.5 Å². The number of rotatable bonds is 7. The van der Waals surface area contributed by atoms with E-state index in [9.17, 15) is 4.79 Å². The average molecular weight is 362 g/mol. The number of aliphatic hydroxyl groups is 1. The highest BCUT2D eigenvalue weighted by Gasteiger charge is 2.23. The molecule has 0 radical (unpaired) electrons. The highest BCUT2D eigenvalue weighted by atomic mass is 32.1. The number of anilines is 2. The molecular formula is C18H26N4O2S. The molecule has 1 aliphatic heterocycles. The molecule has 2 aromatic rings. The monoisotopic (exact) mass is 362 g/mol. The summed E-state index contributed by atoms with van der Waals surface area (Å²) in [5.41, 5.74) is 13.4. The third-order valence-electron chi connectivity index (χ3n) is 4.90. The third kappa shape index (κ3) is 4.04. The number of aliphatic hydroxyl groups excluding tert-OH is 1. The fraction of sp³-hybridized carbons (Fsp3) is 0.556. The van der Waals surface area contributed by atoms with Gasteiger partial charge in [-0.25, -0.2) is 4.98 Å². The van der Waals surface area contributed by atoms with Crippen LogP contribution < -0.4 is 16.4 Å². The van der Waals surface area contributed by atoms with Crippen molar-refractivity contribution in [2.24, 2.45) is 11.7 Å². The minimum atomic E-state index is -0.373. The molecule has 0 aliphatic carbocycles. The van der Waals surface area contributed by atoms with Crippen molar-refractivity contribution in [3.05, 3.63) is 17.1 Å². The molecule has 1 fully saturated rings. The van der Waals surface area contributed by atoms with Gasteiger partial charge in [0.1, 0.15) is 4.83 Å². The number of nitrogen functional groups attached to an aromatic ring is 1. The van der Waals surface area contributed by atoms with E-state index in [0.29, 0.717) is 11.6 Å². The molecule has 7 heteroatoms. The molecule has 1 amide bonds. The molecule has 0 spiro atoms. The van der Waals surface area contributed by atoms with Gasteiger partial charge in [0, 0.05) is 30.8 Å². The SMILES string of the molecule is NC(=O)Cc1sc2nccc(N3CCCC(CCCCO)C3)c2c1N. The second-order valence-electron chi connectivity index (χ2n) is 6.77. The summed E-state index contributed by atoms with van der Waals surface area (Å²) in [5.74, 6) is 0.273. The van der Waals surface area contributed by atoms with Crippen LogP contribution in [0.5, 0.6) is 0 Å². The summed E-state index contributed by atoms with van der Waals surface area (Å²) in [6.45, 7) is 2.29. The maximum atomic E-state index is 11.3. The highest BCUT2D eigenvalue weighted by Crippen LogP contribution is 2.40. The van der Waals surface area contributed by atoms with E-state index in [4.69, 9.17) is 16.6 Å². The van der Waals surface area contributed by atoms with Gasteiger partial charge in [-0.05, 0) is 37.7 Å². The minimum absolute atomic E-state index is 0.163. The zero-order valence-electron chi connectivity index (χ0n) is 14.4. The first kappa shape index (κ1) is 17.9. The Labute approximate surface area is 151 Å². The van der Waals surface area contributed by atoms with Crippen molar-refractivity contribution in [1.82, 2.24) is 4.98 Å². The van der Waals surface area contributed by atoms with Crippen molar-refractivity contribution in [3.63, 3.8) is 0 Å². The van der Waals surface area contributed by atoms with Gasteiger partial charge in [-0.15, -0.1) is 11.3 Å². The number of pyridine rings is 1. The Morgan fingerprint density at radius 1 is 1.44 bits per heavy atom. The van der Waals surface area contributed by atoms with Gasteiger partial charge in [-0.2, -0.15) is 0 Å². The third-order valence-corrected chi connectivity index (χ3v) is 6.01. The molecule has 0 bridgehead atoms. The molecule has 1 unspecified atom stereocenters. The summed E-state index contributed by atoms with van der Waals surface area (Å²) in [6.07, 6.45) is 7.48. The van der Waals surface area contributed by atoms with E-state index >= 15 is 0 Å². The Balaban J connectivity index is 1.85. The number of hydrogen-bond donors (Lipinski definition) is 3. The van der Waals surface area contributed by atoms with Crippen LogP contribution in [-0.4, -0.2) is 35.7 Å². The van der Waals surface area contributed by atoms with Gasteiger partial charge in [0.05, 0.1) is 23.2 Å².